The number of alkyl carbamates (subject to hydrolysis) is 1. The number of benzene rings is 1. The summed E-state index contributed by atoms with van der Waals surface area (Å²) in [6.07, 6.45) is 3.96. The number of amides is 1. The fourth-order valence-corrected chi connectivity index (χ4v) is 3.84. The third-order valence-electron chi connectivity index (χ3n) is 5.73. The summed E-state index contributed by atoms with van der Waals surface area (Å²) in [6.45, 7) is 5.64. The first kappa shape index (κ1) is 22.3. The van der Waals surface area contributed by atoms with Gasteiger partial charge in [-0.15, -0.1) is 0 Å². The van der Waals surface area contributed by atoms with Gasteiger partial charge in [0, 0.05) is 39.3 Å². The minimum atomic E-state index is -0.354. The van der Waals surface area contributed by atoms with E-state index in [0.29, 0.717) is 25.1 Å². The van der Waals surface area contributed by atoms with E-state index in [1.807, 2.05) is 12.1 Å². The van der Waals surface area contributed by atoms with Crippen LogP contribution in [0.15, 0.2) is 29.3 Å². The second-order valence-corrected chi connectivity index (χ2v) is 8.08. The lowest BCUT2D eigenvalue weighted by Crippen LogP contribution is -2.52. The Balaban J connectivity index is 1.39. The van der Waals surface area contributed by atoms with Gasteiger partial charge in [0.15, 0.2) is 5.96 Å². The van der Waals surface area contributed by atoms with Crippen molar-refractivity contribution >= 4 is 12.1 Å². The smallest absolute Gasteiger partial charge is 0.407 e. The molecule has 0 spiro atoms. The third kappa shape index (κ3) is 7.16. The fourth-order valence-electron chi connectivity index (χ4n) is 3.84. The van der Waals surface area contributed by atoms with E-state index in [2.05, 4.69) is 25.8 Å². The molecule has 1 aliphatic carbocycles. The Morgan fingerprint density at radius 2 is 1.93 bits per heavy atom. The van der Waals surface area contributed by atoms with Gasteiger partial charge in [-0.25, -0.2) is 9.18 Å². The van der Waals surface area contributed by atoms with Crippen molar-refractivity contribution in [2.45, 2.75) is 51.2 Å². The molecule has 1 saturated carbocycles. The maximum atomic E-state index is 13.1. The van der Waals surface area contributed by atoms with E-state index in [-0.39, 0.29) is 18.0 Å². The number of halogens is 1. The van der Waals surface area contributed by atoms with Crippen LogP contribution in [0.2, 0.25) is 0 Å². The van der Waals surface area contributed by atoms with Gasteiger partial charge in [0.05, 0.1) is 12.6 Å². The van der Waals surface area contributed by atoms with Crippen LogP contribution in [0.4, 0.5) is 9.18 Å². The molecule has 1 saturated heterocycles. The minimum absolute atomic E-state index is 0.0557. The standard InChI is InChI=1S/C22H34FN5O2/c1-3-30-22(29)27-20(17-6-7-17)14-25-21(24-2)26-19-10-12-28(13-11-19)15-16-4-8-18(23)9-5-16/h4-5,8-9,17,19-20H,3,6-7,10-15H2,1-2H3,(H,27,29)(H2,24,25,26). The predicted molar refractivity (Wildman–Crippen MR) is 116 cm³/mol. The molecule has 30 heavy (non-hydrogen) atoms. The lowest BCUT2D eigenvalue weighted by atomic mass is 10.0. The van der Waals surface area contributed by atoms with Crippen LogP contribution >= 0.6 is 0 Å². The van der Waals surface area contributed by atoms with Crippen molar-refractivity contribution in [3.8, 4) is 0 Å². The number of nitrogens with zero attached hydrogens (tertiary/aromatic N) is 2. The number of carbonyl (C=O) groups is 1. The topological polar surface area (TPSA) is 78.0 Å². The van der Waals surface area contributed by atoms with Crippen LogP contribution in [0.1, 0.15) is 38.2 Å². The van der Waals surface area contributed by atoms with Gasteiger partial charge in [0.1, 0.15) is 5.82 Å². The molecule has 1 amide bonds. The molecule has 0 bridgehead atoms. The first-order chi connectivity index (χ1) is 14.6. The molecule has 3 N–H and O–H groups in total. The summed E-state index contributed by atoms with van der Waals surface area (Å²) in [5, 5.41) is 9.83. The highest BCUT2D eigenvalue weighted by Gasteiger charge is 2.32. The predicted octanol–water partition coefficient (Wildman–Crippen LogP) is 2.48. The lowest BCUT2D eigenvalue weighted by Gasteiger charge is -2.33. The number of carbonyl (C=O) groups excluding carboxylic acids is 1. The number of ether oxygens (including phenoxy) is 1. The zero-order valence-electron chi connectivity index (χ0n) is 18.0. The minimum Gasteiger partial charge on any atom is -0.450 e. The van der Waals surface area contributed by atoms with Gasteiger partial charge in [0.25, 0.3) is 0 Å². The van der Waals surface area contributed by atoms with Gasteiger partial charge in [-0.3, -0.25) is 9.89 Å². The van der Waals surface area contributed by atoms with Crippen LogP contribution in [0, 0.1) is 11.7 Å². The van der Waals surface area contributed by atoms with Crippen molar-refractivity contribution in [2.24, 2.45) is 10.9 Å². The van der Waals surface area contributed by atoms with Crippen molar-refractivity contribution in [1.29, 1.82) is 0 Å². The van der Waals surface area contributed by atoms with Crippen LogP contribution in [-0.4, -0.2) is 62.3 Å². The molecule has 2 fully saturated rings. The van der Waals surface area contributed by atoms with Gasteiger partial charge in [-0.05, 0) is 56.2 Å². The number of likely N-dealkylation sites (tertiary alicyclic amines) is 1. The van der Waals surface area contributed by atoms with E-state index in [0.717, 1.165) is 56.8 Å². The number of piperidine rings is 1. The van der Waals surface area contributed by atoms with Gasteiger partial charge in [0.2, 0.25) is 0 Å². The summed E-state index contributed by atoms with van der Waals surface area (Å²) in [7, 11) is 1.77. The van der Waals surface area contributed by atoms with Crippen molar-refractivity contribution in [3.05, 3.63) is 35.6 Å². The van der Waals surface area contributed by atoms with Crippen LogP contribution in [-0.2, 0) is 11.3 Å². The summed E-state index contributed by atoms with van der Waals surface area (Å²) in [6, 6.07) is 7.16. The van der Waals surface area contributed by atoms with E-state index < -0.39 is 0 Å². The number of hydrogen-bond acceptors (Lipinski definition) is 4. The number of guanidine groups is 1. The molecule has 166 valence electrons. The van der Waals surface area contributed by atoms with Gasteiger partial charge >= 0.3 is 6.09 Å². The van der Waals surface area contributed by atoms with E-state index in [4.69, 9.17) is 4.74 Å². The maximum absolute atomic E-state index is 13.1. The van der Waals surface area contributed by atoms with E-state index in [9.17, 15) is 9.18 Å². The van der Waals surface area contributed by atoms with Crippen molar-refractivity contribution in [1.82, 2.24) is 20.9 Å². The lowest BCUT2D eigenvalue weighted by molar-refractivity contribution is 0.146. The molecule has 1 aliphatic heterocycles. The molecule has 8 heteroatoms. The quantitative estimate of drug-likeness (QED) is 0.446. The number of rotatable bonds is 8. The van der Waals surface area contributed by atoms with Crippen LogP contribution in [0.5, 0.6) is 0 Å². The Labute approximate surface area is 178 Å². The SMILES string of the molecule is CCOC(=O)NC(CNC(=NC)NC1CCN(Cc2ccc(F)cc2)CC1)C1CC1. The first-order valence-corrected chi connectivity index (χ1v) is 10.9. The summed E-state index contributed by atoms with van der Waals surface area (Å²) in [4.78, 5) is 18.5. The van der Waals surface area contributed by atoms with Gasteiger partial charge in [-0.1, -0.05) is 12.1 Å². The molecular formula is C22H34FN5O2. The molecule has 3 rings (SSSR count). The summed E-state index contributed by atoms with van der Waals surface area (Å²) in [5.41, 5.74) is 1.14. The Bertz CT molecular complexity index is 700. The normalized spacial score (nSPS) is 19.2. The summed E-state index contributed by atoms with van der Waals surface area (Å²) < 4.78 is 18.1. The molecule has 2 aliphatic rings. The molecule has 1 atom stereocenters. The second-order valence-electron chi connectivity index (χ2n) is 8.08. The molecule has 1 heterocycles. The molecule has 0 aromatic heterocycles. The average molecular weight is 420 g/mol. The molecule has 0 radical (unpaired) electrons. The highest BCUT2D eigenvalue weighted by Crippen LogP contribution is 2.32. The monoisotopic (exact) mass is 419 g/mol. The Kier molecular flexibility index (Phi) is 8.30. The Morgan fingerprint density at radius 3 is 2.53 bits per heavy atom. The van der Waals surface area contributed by atoms with E-state index in [1.165, 1.54) is 12.1 Å². The molecule has 1 unspecified atom stereocenters. The van der Waals surface area contributed by atoms with Crippen LogP contribution in [0.25, 0.3) is 0 Å². The third-order valence-corrected chi connectivity index (χ3v) is 5.73. The Morgan fingerprint density at radius 1 is 1.23 bits per heavy atom. The highest BCUT2D eigenvalue weighted by molar-refractivity contribution is 5.80. The molecule has 7 nitrogen and oxygen atoms in total. The van der Waals surface area contributed by atoms with Gasteiger partial charge < -0.3 is 20.7 Å². The second kappa shape index (κ2) is 11.2. The molecule has 1 aromatic rings. The Hall–Kier alpha value is -2.35. The van der Waals surface area contributed by atoms with E-state index in [1.54, 1.807) is 14.0 Å². The molecular weight excluding hydrogens is 385 g/mol. The van der Waals surface area contributed by atoms with Crippen LogP contribution in [0.3, 0.4) is 0 Å². The number of nitrogens with one attached hydrogen (secondary N) is 3. The molecule has 1 aromatic carbocycles. The largest absolute Gasteiger partial charge is 0.450 e. The number of hydrogen-bond donors (Lipinski definition) is 3. The zero-order valence-corrected chi connectivity index (χ0v) is 18.0. The highest BCUT2D eigenvalue weighted by atomic mass is 19.1. The zero-order chi connectivity index (χ0) is 21.3. The van der Waals surface area contributed by atoms with Crippen molar-refractivity contribution < 1.29 is 13.9 Å². The van der Waals surface area contributed by atoms with Crippen LogP contribution < -0.4 is 16.0 Å². The van der Waals surface area contributed by atoms with Gasteiger partial charge in [-0.2, -0.15) is 0 Å². The van der Waals surface area contributed by atoms with Crippen molar-refractivity contribution in [3.63, 3.8) is 0 Å². The van der Waals surface area contributed by atoms with Crippen molar-refractivity contribution in [2.75, 3.05) is 33.3 Å². The summed E-state index contributed by atoms with van der Waals surface area (Å²) >= 11 is 0. The number of aliphatic imine (C=N–C) groups is 1. The van der Waals surface area contributed by atoms with E-state index >= 15 is 0 Å². The summed E-state index contributed by atoms with van der Waals surface area (Å²) in [5.74, 6) is 1.08. The first-order valence-electron chi connectivity index (χ1n) is 10.9. The average Bonchev–Trinajstić information content (AvgIpc) is 3.58. The fraction of sp³-hybridized carbons (Fsp3) is 0.636. The maximum Gasteiger partial charge on any atom is 0.407 e.